The molecule has 1 aliphatic rings. The van der Waals surface area contributed by atoms with Gasteiger partial charge in [0.25, 0.3) is 11.1 Å². The van der Waals surface area contributed by atoms with Crippen LogP contribution < -0.4 is 14.8 Å². The second kappa shape index (κ2) is 14.8. The lowest BCUT2D eigenvalue weighted by atomic mass is 10.1. The number of carbonyl (C=O) groups excluding carboxylic acids is 4. The largest absolute Gasteiger partial charge is 0.493 e. The fourth-order valence-electron chi connectivity index (χ4n) is 3.89. The van der Waals surface area contributed by atoms with Crippen molar-refractivity contribution in [2.45, 2.75) is 20.0 Å². The third kappa shape index (κ3) is 8.11. The smallest absolute Gasteiger partial charge is 0.339 e. The topological polar surface area (TPSA) is 111 Å². The Hall–Kier alpha value is -3.51. The summed E-state index contributed by atoms with van der Waals surface area (Å²) in [4.78, 5) is 51.7. The average molecular weight is 708 g/mol. The van der Waals surface area contributed by atoms with Crippen LogP contribution in [0.2, 0.25) is 10.0 Å². The van der Waals surface area contributed by atoms with Crippen LogP contribution in [0, 0.1) is 0 Å². The molecule has 0 aliphatic carbocycles. The van der Waals surface area contributed by atoms with E-state index in [-0.39, 0.29) is 34.4 Å². The number of methoxy groups -OCH3 is 1. The van der Waals surface area contributed by atoms with Crippen LogP contribution in [-0.4, -0.2) is 48.2 Å². The summed E-state index contributed by atoms with van der Waals surface area (Å²) in [6, 6.07) is 15.0. The molecule has 43 heavy (non-hydrogen) atoms. The van der Waals surface area contributed by atoms with Crippen LogP contribution in [-0.2, 0) is 20.9 Å². The molecule has 0 unspecified atom stereocenters. The number of anilines is 1. The molecular weight excluding hydrogens is 683 g/mol. The van der Waals surface area contributed by atoms with E-state index in [1.807, 2.05) is 25.1 Å². The van der Waals surface area contributed by atoms with E-state index < -0.39 is 29.6 Å². The maximum absolute atomic E-state index is 13.1. The number of amides is 3. The monoisotopic (exact) mass is 706 g/mol. The summed E-state index contributed by atoms with van der Waals surface area (Å²) in [7, 11) is 1.48. The Kier molecular flexibility index (Phi) is 11.1. The number of halogens is 3. The Balaban J connectivity index is 1.44. The number of imide groups is 1. The van der Waals surface area contributed by atoms with Gasteiger partial charge >= 0.3 is 5.97 Å². The van der Waals surface area contributed by atoms with E-state index in [2.05, 4.69) is 21.2 Å². The molecule has 3 aromatic rings. The van der Waals surface area contributed by atoms with Crippen LogP contribution in [0.15, 0.2) is 64.0 Å². The summed E-state index contributed by atoms with van der Waals surface area (Å²) < 4.78 is 17.1. The number of hydrogen-bond acceptors (Lipinski definition) is 8. The highest BCUT2D eigenvalue weighted by Gasteiger charge is 2.36. The van der Waals surface area contributed by atoms with Gasteiger partial charge in [0.2, 0.25) is 5.91 Å². The van der Waals surface area contributed by atoms with E-state index in [4.69, 9.17) is 37.4 Å². The van der Waals surface area contributed by atoms with E-state index in [0.717, 1.165) is 10.5 Å². The van der Waals surface area contributed by atoms with Crippen molar-refractivity contribution < 1.29 is 33.4 Å². The lowest BCUT2D eigenvalue weighted by Crippen LogP contribution is -2.36. The normalized spacial score (nSPS) is 13.8. The number of hydrogen-bond donors (Lipinski definition) is 1. The molecule has 1 N–H and O–H groups in total. The molecule has 0 saturated carbocycles. The number of nitrogens with one attached hydrogen (secondary N) is 1. The van der Waals surface area contributed by atoms with Crippen molar-refractivity contribution in [2.24, 2.45) is 0 Å². The number of rotatable bonds is 11. The van der Waals surface area contributed by atoms with Gasteiger partial charge in [-0.25, -0.2) is 4.79 Å². The first kappa shape index (κ1) is 32.4. The number of ether oxygens (including phenoxy) is 3. The zero-order chi connectivity index (χ0) is 31.1. The maximum atomic E-state index is 13.1. The molecule has 0 bridgehead atoms. The highest BCUT2D eigenvalue weighted by molar-refractivity contribution is 9.10. The van der Waals surface area contributed by atoms with E-state index in [9.17, 15) is 19.2 Å². The molecule has 1 heterocycles. The average Bonchev–Trinajstić information content (AvgIpc) is 3.23. The summed E-state index contributed by atoms with van der Waals surface area (Å²) in [5, 5.41) is 2.72. The molecule has 224 valence electrons. The Morgan fingerprint density at radius 1 is 1.07 bits per heavy atom. The third-order valence-electron chi connectivity index (χ3n) is 5.96. The van der Waals surface area contributed by atoms with Gasteiger partial charge in [0.15, 0.2) is 11.5 Å². The van der Waals surface area contributed by atoms with Crippen LogP contribution in [0.1, 0.15) is 34.8 Å². The van der Waals surface area contributed by atoms with Crippen LogP contribution in [0.5, 0.6) is 11.5 Å². The van der Waals surface area contributed by atoms with Crippen molar-refractivity contribution >= 4 is 85.7 Å². The number of nitrogens with zero attached hydrogens (tertiary/aromatic N) is 1. The minimum atomic E-state index is -0.636. The SMILES string of the molecule is CCCOC(=O)c1cc(NC(=O)CN2C(=O)S/C(=C/c3cc(Br)c(OCc4ccccc4Cl)c(OC)c3)C2=O)ccc1Cl. The van der Waals surface area contributed by atoms with E-state index in [1.54, 1.807) is 18.2 Å². The third-order valence-corrected chi connectivity index (χ3v) is 8.16. The van der Waals surface area contributed by atoms with Crippen LogP contribution in [0.3, 0.4) is 0 Å². The molecule has 0 spiro atoms. The standard InChI is InChI=1S/C30H25BrCl2N2O7S/c1-3-10-41-29(38)20-14-19(8-9-23(20)33)34-26(36)15-35-28(37)25(43-30(35)39)13-17-11-21(31)27(24(12-17)40-2)42-16-18-6-4-5-7-22(18)32/h4-9,11-14H,3,10,15-16H2,1-2H3,(H,34,36)/b25-13+. The zero-order valence-electron chi connectivity index (χ0n) is 22.9. The summed E-state index contributed by atoms with van der Waals surface area (Å²) in [6.07, 6.45) is 2.17. The minimum absolute atomic E-state index is 0.0869. The molecule has 0 atom stereocenters. The van der Waals surface area contributed by atoms with E-state index in [1.165, 1.54) is 31.4 Å². The van der Waals surface area contributed by atoms with Gasteiger partial charge in [-0.05, 0) is 82.2 Å². The van der Waals surface area contributed by atoms with Gasteiger partial charge in [0.1, 0.15) is 13.2 Å². The van der Waals surface area contributed by atoms with Crippen molar-refractivity contribution in [2.75, 3.05) is 25.6 Å². The summed E-state index contributed by atoms with van der Waals surface area (Å²) in [5.74, 6) is -1.05. The Labute approximate surface area is 270 Å². The van der Waals surface area contributed by atoms with Gasteiger partial charge in [0, 0.05) is 16.3 Å². The van der Waals surface area contributed by atoms with Crippen molar-refractivity contribution in [1.82, 2.24) is 4.90 Å². The molecule has 3 aromatic carbocycles. The molecule has 9 nitrogen and oxygen atoms in total. The second-order valence-electron chi connectivity index (χ2n) is 9.06. The fourth-order valence-corrected chi connectivity index (χ4v) is 5.69. The molecular formula is C30H25BrCl2N2O7S. The molecule has 0 radical (unpaired) electrons. The molecule has 3 amide bonds. The molecule has 4 rings (SSSR count). The molecule has 0 aromatic heterocycles. The van der Waals surface area contributed by atoms with Crippen LogP contribution in [0.25, 0.3) is 6.08 Å². The van der Waals surface area contributed by atoms with Gasteiger partial charge in [0.05, 0.1) is 33.7 Å². The lowest BCUT2D eigenvalue weighted by molar-refractivity contribution is -0.127. The number of thioether (sulfide) groups is 1. The van der Waals surface area contributed by atoms with Crippen molar-refractivity contribution in [3.63, 3.8) is 0 Å². The second-order valence-corrected chi connectivity index (χ2v) is 11.7. The van der Waals surface area contributed by atoms with Crippen molar-refractivity contribution in [1.29, 1.82) is 0 Å². The summed E-state index contributed by atoms with van der Waals surface area (Å²) >= 11 is 16.5. The Morgan fingerprint density at radius 3 is 2.56 bits per heavy atom. The van der Waals surface area contributed by atoms with Crippen LogP contribution >= 0.6 is 50.9 Å². The highest BCUT2D eigenvalue weighted by atomic mass is 79.9. The highest BCUT2D eigenvalue weighted by Crippen LogP contribution is 2.39. The van der Waals surface area contributed by atoms with E-state index in [0.29, 0.717) is 44.7 Å². The quantitative estimate of drug-likeness (QED) is 0.160. The molecule has 13 heteroatoms. The predicted molar refractivity (Wildman–Crippen MR) is 170 cm³/mol. The molecule has 1 aliphatic heterocycles. The Morgan fingerprint density at radius 2 is 1.84 bits per heavy atom. The van der Waals surface area contributed by atoms with Crippen LogP contribution in [0.4, 0.5) is 10.5 Å². The van der Waals surface area contributed by atoms with Gasteiger partial charge in [-0.2, -0.15) is 0 Å². The molecule has 1 fully saturated rings. The summed E-state index contributed by atoms with van der Waals surface area (Å²) in [5.41, 5.74) is 1.70. The number of carbonyl (C=O) groups is 4. The Bertz CT molecular complexity index is 1620. The minimum Gasteiger partial charge on any atom is -0.493 e. The van der Waals surface area contributed by atoms with Gasteiger partial charge in [-0.1, -0.05) is 48.3 Å². The first-order valence-corrected chi connectivity index (χ1v) is 15.2. The zero-order valence-corrected chi connectivity index (χ0v) is 26.9. The van der Waals surface area contributed by atoms with Gasteiger partial charge in [-0.3, -0.25) is 19.3 Å². The lowest BCUT2D eigenvalue weighted by Gasteiger charge is -2.14. The van der Waals surface area contributed by atoms with Gasteiger partial charge < -0.3 is 19.5 Å². The fraction of sp³-hybridized carbons (Fsp3) is 0.200. The molecule has 1 saturated heterocycles. The number of benzene rings is 3. The number of esters is 1. The summed E-state index contributed by atoms with van der Waals surface area (Å²) in [6.45, 7) is 1.76. The van der Waals surface area contributed by atoms with Gasteiger partial charge in [-0.15, -0.1) is 0 Å². The van der Waals surface area contributed by atoms with Crippen molar-refractivity contribution in [3.8, 4) is 11.5 Å². The predicted octanol–water partition coefficient (Wildman–Crippen LogP) is 7.59. The first-order chi connectivity index (χ1) is 20.6. The first-order valence-electron chi connectivity index (χ1n) is 12.9. The van der Waals surface area contributed by atoms with Crippen molar-refractivity contribution in [3.05, 3.63) is 90.7 Å². The maximum Gasteiger partial charge on any atom is 0.339 e. The van der Waals surface area contributed by atoms with E-state index >= 15 is 0 Å².